The highest BCUT2D eigenvalue weighted by atomic mass is 35.5. The molecule has 3 N–H and O–H groups in total. The number of likely N-dealkylation sites (tertiary alicyclic amines) is 1. The van der Waals surface area contributed by atoms with Crippen LogP contribution < -0.4 is 11.1 Å². The van der Waals surface area contributed by atoms with Gasteiger partial charge in [-0.3, -0.25) is 9.69 Å². The van der Waals surface area contributed by atoms with Gasteiger partial charge >= 0.3 is 0 Å². The zero-order valence-electron chi connectivity index (χ0n) is 15.4. The molecule has 25 heavy (non-hydrogen) atoms. The first kappa shape index (κ1) is 24.6. The minimum absolute atomic E-state index is 0. The summed E-state index contributed by atoms with van der Waals surface area (Å²) in [7, 11) is 0. The van der Waals surface area contributed by atoms with E-state index < -0.39 is 0 Å². The van der Waals surface area contributed by atoms with Crippen molar-refractivity contribution >= 4 is 42.1 Å². The van der Waals surface area contributed by atoms with E-state index in [1.54, 1.807) is 11.3 Å². The number of halogens is 2. The van der Waals surface area contributed by atoms with Gasteiger partial charge in [0.2, 0.25) is 5.91 Å². The van der Waals surface area contributed by atoms with E-state index >= 15 is 0 Å². The molecule has 0 bridgehead atoms. The quantitative estimate of drug-likeness (QED) is 0.724. The Bertz CT molecular complexity index is 505. The maximum atomic E-state index is 12.4. The number of hydrogen-bond donors (Lipinski definition) is 2. The van der Waals surface area contributed by atoms with Crippen LogP contribution >= 0.6 is 36.2 Å². The third kappa shape index (κ3) is 8.22. The number of amides is 1. The van der Waals surface area contributed by atoms with E-state index in [-0.39, 0.29) is 42.7 Å². The van der Waals surface area contributed by atoms with E-state index in [0.29, 0.717) is 12.5 Å². The maximum Gasteiger partial charge on any atom is 0.223 e. The SMILES string of the molecule is Cc1nc(CN2CCC(C(=O)NC(CN)CC(C)C)CC2)cs1.Cl.Cl. The Balaban J connectivity index is 0.00000288. The van der Waals surface area contributed by atoms with Crippen LogP contribution in [0.4, 0.5) is 0 Å². The molecule has 1 aliphatic rings. The van der Waals surface area contributed by atoms with Gasteiger partial charge in [0.1, 0.15) is 0 Å². The number of rotatable bonds is 7. The van der Waals surface area contributed by atoms with E-state index in [1.165, 1.54) is 0 Å². The highest BCUT2D eigenvalue weighted by Crippen LogP contribution is 2.20. The van der Waals surface area contributed by atoms with Crippen molar-refractivity contribution in [3.8, 4) is 0 Å². The Kier molecular flexibility index (Phi) is 11.9. The largest absolute Gasteiger partial charge is 0.352 e. The molecule has 146 valence electrons. The number of nitrogens with one attached hydrogen (secondary N) is 1. The molecule has 0 aromatic carbocycles. The van der Waals surface area contributed by atoms with E-state index in [4.69, 9.17) is 5.73 Å². The first-order chi connectivity index (χ1) is 11.0. The molecule has 5 nitrogen and oxygen atoms in total. The van der Waals surface area contributed by atoms with Crippen LogP contribution in [0.15, 0.2) is 5.38 Å². The number of thiazole rings is 1. The van der Waals surface area contributed by atoms with Crippen molar-refractivity contribution in [3.63, 3.8) is 0 Å². The Morgan fingerprint density at radius 2 is 2.04 bits per heavy atom. The summed E-state index contributed by atoms with van der Waals surface area (Å²) in [6.07, 6.45) is 2.80. The van der Waals surface area contributed by atoms with Crippen molar-refractivity contribution < 1.29 is 4.79 Å². The minimum Gasteiger partial charge on any atom is -0.352 e. The van der Waals surface area contributed by atoms with Crippen molar-refractivity contribution in [2.24, 2.45) is 17.6 Å². The number of carbonyl (C=O) groups is 1. The Morgan fingerprint density at radius 3 is 2.52 bits per heavy atom. The predicted octanol–water partition coefficient (Wildman–Crippen LogP) is 3.00. The molecular weight excluding hydrogens is 379 g/mol. The van der Waals surface area contributed by atoms with Crippen LogP contribution in [0.3, 0.4) is 0 Å². The molecule has 2 heterocycles. The summed E-state index contributed by atoms with van der Waals surface area (Å²) < 4.78 is 0. The van der Waals surface area contributed by atoms with Crippen LogP contribution in [0.2, 0.25) is 0 Å². The molecule has 1 atom stereocenters. The summed E-state index contributed by atoms with van der Waals surface area (Å²) in [6, 6.07) is 0.110. The lowest BCUT2D eigenvalue weighted by Crippen LogP contribution is -2.46. The van der Waals surface area contributed by atoms with Crippen LogP contribution in [-0.4, -0.2) is 41.5 Å². The number of carbonyl (C=O) groups excluding carboxylic acids is 1. The number of aryl methyl sites for hydroxylation is 1. The number of hydrogen-bond acceptors (Lipinski definition) is 5. The Hall–Kier alpha value is -0.400. The monoisotopic (exact) mass is 410 g/mol. The van der Waals surface area contributed by atoms with Gasteiger partial charge in [-0.2, -0.15) is 0 Å². The second-order valence-corrected chi connectivity index (χ2v) is 8.04. The fourth-order valence-corrected chi connectivity index (χ4v) is 3.77. The standard InChI is InChI=1S/C17H30N4OS.2ClH/c1-12(2)8-15(9-18)20-17(22)14-4-6-21(7-5-14)10-16-11-23-13(3)19-16;;/h11-12,14-15H,4-10,18H2,1-3H3,(H,20,22);2*1H. The van der Waals surface area contributed by atoms with Crippen LogP contribution in [0.25, 0.3) is 0 Å². The van der Waals surface area contributed by atoms with Crippen molar-refractivity contribution in [2.45, 2.75) is 52.6 Å². The molecular formula is C17H32Cl2N4OS. The highest BCUT2D eigenvalue weighted by molar-refractivity contribution is 7.09. The van der Waals surface area contributed by atoms with Crippen LogP contribution in [0.1, 0.15) is 43.8 Å². The lowest BCUT2D eigenvalue weighted by Gasteiger charge is -2.31. The molecule has 0 spiro atoms. The summed E-state index contributed by atoms with van der Waals surface area (Å²) >= 11 is 1.70. The average molecular weight is 411 g/mol. The van der Waals surface area contributed by atoms with Gasteiger partial charge in [0.15, 0.2) is 0 Å². The number of piperidine rings is 1. The van der Waals surface area contributed by atoms with Crippen molar-refractivity contribution in [3.05, 3.63) is 16.1 Å². The summed E-state index contributed by atoms with van der Waals surface area (Å²) in [4.78, 5) is 19.3. The molecule has 0 radical (unpaired) electrons. The van der Waals surface area contributed by atoms with Gasteiger partial charge in [0.25, 0.3) is 0 Å². The van der Waals surface area contributed by atoms with Gasteiger partial charge < -0.3 is 11.1 Å². The summed E-state index contributed by atoms with van der Waals surface area (Å²) in [6.45, 7) is 9.71. The first-order valence-electron chi connectivity index (χ1n) is 8.61. The second-order valence-electron chi connectivity index (χ2n) is 6.98. The smallest absolute Gasteiger partial charge is 0.223 e. The molecule has 1 unspecified atom stereocenters. The summed E-state index contributed by atoms with van der Waals surface area (Å²) in [5.74, 6) is 0.863. The molecule has 1 fully saturated rings. The van der Waals surface area contributed by atoms with Crippen LogP contribution in [0.5, 0.6) is 0 Å². The third-order valence-electron chi connectivity index (χ3n) is 4.40. The minimum atomic E-state index is 0. The zero-order chi connectivity index (χ0) is 16.8. The Morgan fingerprint density at radius 1 is 1.40 bits per heavy atom. The topological polar surface area (TPSA) is 71.2 Å². The van der Waals surface area contributed by atoms with Gasteiger partial charge in [-0.1, -0.05) is 13.8 Å². The van der Waals surface area contributed by atoms with Crippen molar-refractivity contribution in [1.29, 1.82) is 0 Å². The normalized spacial score (nSPS) is 16.8. The zero-order valence-corrected chi connectivity index (χ0v) is 17.8. The molecule has 0 aliphatic carbocycles. The molecule has 2 rings (SSSR count). The highest BCUT2D eigenvalue weighted by Gasteiger charge is 2.26. The van der Waals surface area contributed by atoms with Gasteiger partial charge in [-0.15, -0.1) is 36.2 Å². The molecule has 1 aromatic heterocycles. The molecule has 1 saturated heterocycles. The predicted molar refractivity (Wildman–Crippen MR) is 110 cm³/mol. The lowest BCUT2D eigenvalue weighted by molar-refractivity contribution is -0.127. The van der Waals surface area contributed by atoms with Crippen molar-refractivity contribution in [2.75, 3.05) is 19.6 Å². The van der Waals surface area contributed by atoms with E-state index in [0.717, 1.165) is 49.6 Å². The second kappa shape index (κ2) is 12.1. The maximum absolute atomic E-state index is 12.4. The Labute approximate surface area is 168 Å². The summed E-state index contributed by atoms with van der Waals surface area (Å²) in [5.41, 5.74) is 6.93. The van der Waals surface area contributed by atoms with Crippen LogP contribution in [0, 0.1) is 18.8 Å². The molecule has 0 saturated carbocycles. The van der Waals surface area contributed by atoms with Gasteiger partial charge in [-0.25, -0.2) is 4.98 Å². The lowest BCUT2D eigenvalue weighted by atomic mass is 9.94. The molecule has 1 amide bonds. The summed E-state index contributed by atoms with van der Waals surface area (Å²) in [5, 5.41) is 6.39. The fraction of sp³-hybridized carbons (Fsp3) is 0.765. The molecule has 1 aromatic rings. The van der Waals surface area contributed by atoms with Gasteiger partial charge in [-0.05, 0) is 45.2 Å². The first-order valence-corrected chi connectivity index (χ1v) is 9.49. The number of nitrogens with zero attached hydrogens (tertiary/aromatic N) is 2. The number of aromatic nitrogens is 1. The van der Waals surface area contributed by atoms with Gasteiger partial charge in [0, 0.05) is 30.4 Å². The molecule has 1 aliphatic heterocycles. The third-order valence-corrected chi connectivity index (χ3v) is 5.22. The van der Waals surface area contributed by atoms with Crippen LogP contribution in [-0.2, 0) is 11.3 Å². The fourth-order valence-electron chi connectivity index (χ4n) is 3.17. The number of nitrogens with two attached hydrogens (primary N) is 1. The van der Waals surface area contributed by atoms with Gasteiger partial charge in [0.05, 0.1) is 10.7 Å². The van der Waals surface area contributed by atoms with Crippen molar-refractivity contribution in [1.82, 2.24) is 15.2 Å². The van der Waals surface area contributed by atoms with E-state index in [9.17, 15) is 4.79 Å². The van der Waals surface area contributed by atoms with E-state index in [2.05, 4.69) is 34.4 Å². The van der Waals surface area contributed by atoms with E-state index in [1.807, 2.05) is 6.92 Å². The molecule has 8 heteroatoms. The average Bonchev–Trinajstić information content (AvgIpc) is 2.91.